The average molecular weight is 313 g/mol. The molecular formula is C12H13BrN2O3. The maximum Gasteiger partial charge on any atom is 0.335 e. The molecule has 0 bridgehead atoms. The van der Waals surface area contributed by atoms with Gasteiger partial charge in [0, 0.05) is 10.9 Å². The number of halogens is 1. The van der Waals surface area contributed by atoms with E-state index in [1.165, 1.54) is 12.1 Å². The Morgan fingerprint density at radius 2 is 2.17 bits per heavy atom. The summed E-state index contributed by atoms with van der Waals surface area (Å²) in [5, 5.41) is 14.7. The molecule has 1 aliphatic rings. The minimum absolute atomic E-state index is 0.0928. The van der Waals surface area contributed by atoms with Gasteiger partial charge in [-0.1, -0.05) is 0 Å². The number of anilines is 1. The zero-order valence-corrected chi connectivity index (χ0v) is 11.2. The van der Waals surface area contributed by atoms with Crippen molar-refractivity contribution < 1.29 is 14.7 Å². The summed E-state index contributed by atoms with van der Waals surface area (Å²) >= 11 is 3.29. The van der Waals surface area contributed by atoms with Crippen LogP contribution in [0, 0.1) is 5.92 Å². The van der Waals surface area contributed by atoms with Crippen molar-refractivity contribution in [2.75, 3.05) is 18.4 Å². The fourth-order valence-electron chi connectivity index (χ4n) is 1.71. The second-order valence-corrected chi connectivity index (χ2v) is 5.13. The van der Waals surface area contributed by atoms with E-state index in [0.717, 1.165) is 13.1 Å². The number of amides is 1. The van der Waals surface area contributed by atoms with Crippen LogP contribution in [0.5, 0.6) is 0 Å². The molecule has 96 valence electrons. The van der Waals surface area contributed by atoms with Crippen molar-refractivity contribution in [2.24, 2.45) is 5.92 Å². The van der Waals surface area contributed by atoms with E-state index < -0.39 is 5.97 Å². The van der Waals surface area contributed by atoms with Gasteiger partial charge in [-0.2, -0.15) is 0 Å². The summed E-state index contributed by atoms with van der Waals surface area (Å²) in [6.45, 7) is 1.73. The first-order valence-corrected chi connectivity index (χ1v) is 6.39. The van der Waals surface area contributed by atoms with Gasteiger partial charge in [0.25, 0.3) is 0 Å². The molecule has 1 heterocycles. The summed E-state index contributed by atoms with van der Waals surface area (Å²) < 4.78 is 0.674. The Morgan fingerprint density at radius 1 is 1.44 bits per heavy atom. The monoisotopic (exact) mass is 312 g/mol. The molecule has 0 saturated carbocycles. The molecule has 0 aliphatic carbocycles. The Balaban J connectivity index is 2.04. The van der Waals surface area contributed by atoms with Gasteiger partial charge in [0.05, 0.1) is 11.3 Å². The lowest BCUT2D eigenvalue weighted by Gasteiger charge is -2.26. The maximum absolute atomic E-state index is 11.7. The van der Waals surface area contributed by atoms with Gasteiger partial charge < -0.3 is 15.7 Å². The van der Waals surface area contributed by atoms with Crippen LogP contribution in [0.1, 0.15) is 16.8 Å². The van der Waals surface area contributed by atoms with Gasteiger partial charge in [0.2, 0.25) is 5.91 Å². The van der Waals surface area contributed by atoms with Crippen LogP contribution in [-0.2, 0) is 4.79 Å². The molecule has 3 N–H and O–H groups in total. The molecular weight excluding hydrogens is 300 g/mol. The zero-order chi connectivity index (χ0) is 13.1. The number of nitrogens with one attached hydrogen (secondary N) is 2. The molecule has 1 saturated heterocycles. The van der Waals surface area contributed by atoms with Crippen LogP contribution in [0.3, 0.4) is 0 Å². The summed E-state index contributed by atoms with van der Waals surface area (Å²) in [5.41, 5.74) is 0.644. The largest absolute Gasteiger partial charge is 0.478 e. The van der Waals surface area contributed by atoms with Crippen molar-refractivity contribution in [1.82, 2.24) is 5.32 Å². The second-order valence-electron chi connectivity index (χ2n) is 4.28. The highest BCUT2D eigenvalue weighted by atomic mass is 79.9. The number of benzene rings is 1. The number of carboxylic acid groups (broad SMARTS) is 1. The molecule has 0 aromatic heterocycles. The Kier molecular flexibility index (Phi) is 3.98. The Bertz CT molecular complexity index is 486. The maximum atomic E-state index is 11.7. The lowest BCUT2D eigenvalue weighted by Crippen LogP contribution is -2.43. The molecule has 1 amide bonds. The van der Waals surface area contributed by atoms with Crippen molar-refractivity contribution in [3.8, 4) is 0 Å². The molecule has 0 spiro atoms. The summed E-state index contributed by atoms with van der Waals surface area (Å²) in [4.78, 5) is 22.6. The van der Waals surface area contributed by atoms with Gasteiger partial charge in [0.15, 0.2) is 0 Å². The number of hydrogen-bond acceptors (Lipinski definition) is 3. The van der Waals surface area contributed by atoms with E-state index in [1.807, 2.05) is 0 Å². The third-order valence-electron chi connectivity index (χ3n) is 2.83. The first kappa shape index (κ1) is 13.0. The van der Waals surface area contributed by atoms with Gasteiger partial charge in [-0.25, -0.2) is 4.79 Å². The van der Waals surface area contributed by atoms with E-state index in [0.29, 0.717) is 22.5 Å². The normalized spacial score (nSPS) is 14.9. The first-order chi connectivity index (χ1) is 8.56. The summed E-state index contributed by atoms with van der Waals surface area (Å²) in [5.74, 6) is -0.725. The standard InChI is InChI=1S/C12H13BrN2O3/c13-9-2-1-8(12(17)18)4-10(9)15-11(16)3-7-5-14-6-7/h1-2,4,7,14H,3,5-6H2,(H,15,16)(H,17,18). The molecule has 1 aromatic carbocycles. The third kappa shape index (κ3) is 3.08. The quantitative estimate of drug-likeness (QED) is 0.790. The molecule has 0 atom stereocenters. The fraction of sp³-hybridized carbons (Fsp3) is 0.333. The van der Waals surface area contributed by atoms with E-state index in [1.54, 1.807) is 6.07 Å². The van der Waals surface area contributed by atoms with Crippen molar-refractivity contribution in [2.45, 2.75) is 6.42 Å². The summed E-state index contributed by atoms with van der Waals surface area (Å²) in [6, 6.07) is 4.55. The Hall–Kier alpha value is -1.40. The predicted octanol–water partition coefficient (Wildman–Crippen LogP) is 1.70. The summed E-state index contributed by atoms with van der Waals surface area (Å²) in [7, 11) is 0. The SMILES string of the molecule is O=C(CC1CNC1)Nc1cc(C(=O)O)ccc1Br. The van der Waals surface area contributed by atoms with Gasteiger partial charge in [-0.05, 0) is 53.1 Å². The van der Waals surface area contributed by atoms with Crippen molar-refractivity contribution in [3.63, 3.8) is 0 Å². The summed E-state index contributed by atoms with van der Waals surface area (Å²) in [6.07, 6.45) is 0.455. The van der Waals surface area contributed by atoms with Gasteiger partial charge >= 0.3 is 5.97 Å². The van der Waals surface area contributed by atoms with Crippen molar-refractivity contribution in [3.05, 3.63) is 28.2 Å². The lowest BCUT2D eigenvalue weighted by molar-refractivity contribution is -0.117. The fourth-order valence-corrected chi connectivity index (χ4v) is 2.06. The first-order valence-electron chi connectivity index (χ1n) is 5.59. The molecule has 0 radical (unpaired) electrons. The molecule has 1 fully saturated rings. The van der Waals surface area contributed by atoms with E-state index in [-0.39, 0.29) is 11.5 Å². The molecule has 2 rings (SSSR count). The predicted molar refractivity (Wildman–Crippen MR) is 70.7 cm³/mol. The highest BCUT2D eigenvalue weighted by Crippen LogP contribution is 2.24. The van der Waals surface area contributed by atoms with Gasteiger partial charge in [0.1, 0.15) is 0 Å². The van der Waals surface area contributed by atoms with Gasteiger partial charge in [-0.15, -0.1) is 0 Å². The topological polar surface area (TPSA) is 78.4 Å². The number of aromatic carboxylic acids is 1. The molecule has 5 nitrogen and oxygen atoms in total. The van der Waals surface area contributed by atoms with Crippen LogP contribution in [0.2, 0.25) is 0 Å². The van der Waals surface area contributed by atoms with Gasteiger partial charge in [-0.3, -0.25) is 4.79 Å². The van der Waals surface area contributed by atoms with Crippen molar-refractivity contribution >= 4 is 33.5 Å². The Morgan fingerprint density at radius 3 is 2.72 bits per heavy atom. The number of hydrogen-bond donors (Lipinski definition) is 3. The molecule has 18 heavy (non-hydrogen) atoms. The van der Waals surface area contributed by atoms with Crippen LogP contribution in [0.4, 0.5) is 5.69 Å². The minimum atomic E-state index is -1.01. The zero-order valence-electron chi connectivity index (χ0n) is 9.57. The van der Waals surface area contributed by atoms with E-state index in [4.69, 9.17) is 5.11 Å². The number of rotatable bonds is 4. The molecule has 6 heteroatoms. The van der Waals surface area contributed by atoms with Crippen LogP contribution in [0.15, 0.2) is 22.7 Å². The van der Waals surface area contributed by atoms with Crippen LogP contribution in [0.25, 0.3) is 0 Å². The highest BCUT2D eigenvalue weighted by molar-refractivity contribution is 9.10. The Labute approximate surface area is 113 Å². The number of carbonyl (C=O) groups excluding carboxylic acids is 1. The smallest absolute Gasteiger partial charge is 0.335 e. The molecule has 1 aromatic rings. The van der Waals surface area contributed by atoms with Crippen LogP contribution in [-0.4, -0.2) is 30.1 Å². The highest BCUT2D eigenvalue weighted by Gasteiger charge is 2.20. The van der Waals surface area contributed by atoms with E-state index >= 15 is 0 Å². The second kappa shape index (κ2) is 5.49. The number of carboxylic acids is 1. The van der Waals surface area contributed by atoms with Crippen LogP contribution < -0.4 is 10.6 Å². The molecule has 1 aliphatic heterocycles. The van der Waals surface area contributed by atoms with Crippen molar-refractivity contribution in [1.29, 1.82) is 0 Å². The lowest BCUT2D eigenvalue weighted by atomic mass is 9.99. The van der Waals surface area contributed by atoms with E-state index in [2.05, 4.69) is 26.6 Å². The third-order valence-corrected chi connectivity index (χ3v) is 3.52. The molecule has 0 unspecified atom stereocenters. The minimum Gasteiger partial charge on any atom is -0.478 e. The number of carbonyl (C=O) groups is 2. The van der Waals surface area contributed by atoms with E-state index in [9.17, 15) is 9.59 Å². The average Bonchev–Trinajstić information content (AvgIpc) is 2.26. The van der Waals surface area contributed by atoms with Crippen LogP contribution >= 0.6 is 15.9 Å².